The van der Waals surface area contributed by atoms with E-state index in [2.05, 4.69) is 69.5 Å². The summed E-state index contributed by atoms with van der Waals surface area (Å²) < 4.78 is 5.95. The van der Waals surface area contributed by atoms with E-state index < -0.39 is 0 Å². The van der Waals surface area contributed by atoms with Crippen LogP contribution in [0.2, 0.25) is 0 Å². The molecule has 1 aliphatic carbocycles. The van der Waals surface area contributed by atoms with Crippen LogP contribution in [0.5, 0.6) is 5.75 Å². The summed E-state index contributed by atoms with van der Waals surface area (Å²) in [5.41, 5.74) is 5.79. The van der Waals surface area contributed by atoms with Gasteiger partial charge in [-0.15, -0.1) is 19.0 Å². The number of fused-ring (bicyclic) bond motifs is 1. The lowest BCUT2D eigenvalue weighted by Crippen LogP contribution is -2.17. The smallest absolute Gasteiger partial charge is 0.134 e. The molecule has 27 heavy (non-hydrogen) atoms. The quantitative estimate of drug-likeness (QED) is 0.484. The zero-order chi connectivity index (χ0) is 19.1. The van der Waals surface area contributed by atoms with E-state index >= 15 is 0 Å². The fourth-order valence-corrected chi connectivity index (χ4v) is 3.38. The zero-order valence-corrected chi connectivity index (χ0v) is 17.7. The van der Waals surface area contributed by atoms with E-state index in [1.54, 1.807) is 0 Å². The van der Waals surface area contributed by atoms with Crippen LogP contribution in [-0.2, 0) is 0 Å². The molecule has 1 aliphatic heterocycles. The summed E-state index contributed by atoms with van der Waals surface area (Å²) in [6.45, 7) is 16.5. The molecule has 2 unspecified atom stereocenters. The summed E-state index contributed by atoms with van der Waals surface area (Å²) in [7, 11) is 0. The first-order valence-electron chi connectivity index (χ1n) is 9.46. The number of ether oxygens (including phenoxy) is 1. The van der Waals surface area contributed by atoms with Crippen molar-refractivity contribution in [1.82, 2.24) is 0 Å². The Balaban J connectivity index is 0.00000118. The number of allylic oxidation sites excluding steroid dienone is 8. The Hall–Kier alpha value is -2.25. The molecule has 0 amide bonds. The lowest BCUT2D eigenvalue weighted by molar-refractivity contribution is 0.453. The number of halogens is 1. The minimum absolute atomic E-state index is 0. The van der Waals surface area contributed by atoms with Gasteiger partial charge in [0.15, 0.2) is 0 Å². The second-order valence-electron chi connectivity index (χ2n) is 6.40. The van der Waals surface area contributed by atoms with Gasteiger partial charge in [-0.2, -0.15) is 0 Å². The highest BCUT2D eigenvalue weighted by Crippen LogP contribution is 2.43. The Morgan fingerprint density at radius 3 is 2.52 bits per heavy atom. The normalized spacial score (nSPS) is 20.0. The van der Waals surface area contributed by atoms with Gasteiger partial charge in [0.1, 0.15) is 5.75 Å². The lowest BCUT2D eigenvalue weighted by atomic mass is 9.78. The van der Waals surface area contributed by atoms with E-state index in [0.717, 1.165) is 23.3 Å². The third-order valence-electron chi connectivity index (χ3n) is 4.80. The maximum Gasteiger partial charge on any atom is 0.134 e. The van der Waals surface area contributed by atoms with E-state index in [4.69, 9.17) is 4.74 Å². The monoisotopic (exact) mass is 382 g/mol. The van der Waals surface area contributed by atoms with Crippen LogP contribution in [0.25, 0.3) is 11.6 Å². The summed E-state index contributed by atoms with van der Waals surface area (Å²) in [5, 5.41) is 0. The molecule has 0 saturated heterocycles. The van der Waals surface area contributed by atoms with Gasteiger partial charge in [-0.1, -0.05) is 75.9 Å². The summed E-state index contributed by atoms with van der Waals surface area (Å²) in [5.74, 6) is 1.65. The molecule has 3 rings (SSSR count). The molecular formula is C25H31ClO. The van der Waals surface area contributed by atoms with Gasteiger partial charge in [0.25, 0.3) is 0 Å². The Labute approximate surface area is 170 Å². The summed E-state index contributed by atoms with van der Waals surface area (Å²) in [6.07, 6.45) is 17.6. The third kappa shape index (κ3) is 4.93. The molecule has 0 bridgehead atoms. The minimum Gasteiger partial charge on any atom is -0.464 e. The molecule has 0 aromatic heterocycles. The van der Waals surface area contributed by atoms with Crippen molar-refractivity contribution in [2.75, 3.05) is 0 Å². The van der Waals surface area contributed by atoms with E-state index in [1.807, 2.05) is 32.3 Å². The van der Waals surface area contributed by atoms with Gasteiger partial charge >= 0.3 is 0 Å². The molecule has 1 nitrogen and oxygen atoms in total. The van der Waals surface area contributed by atoms with Crippen molar-refractivity contribution in [3.63, 3.8) is 0 Å². The van der Waals surface area contributed by atoms with Crippen LogP contribution < -0.4 is 4.74 Å². The van der Waals surface area contributed by atoms with Crippen LogP contribution >= 0.6 is 12.4 Å². The van der Waals surface area contributed by atoms with Crippen molar-refractivity contribution in [2.45, 2.75) is 34.1 Å². The maximum absolute atomic E-state index is 5.95. The second-order valence-corrected chi connectivity index (χ2v) is 6.40. The van der Waals surface area contributed by atoms with Crippen molar-refractivity contribution >= 4 is 24.1 Å². The van der Waals surface area contributed by atoms with Crippen molar-refractivity contribution < 1.29 is 4.74 Å². The molecule has 1 aromatic rings. The number of hydrogen-bond donors (Lipinski definition) is 0. The predicted molar refractivity (Wildman–Crippen MR) is 122 cm³/mol. The maximum atomic E-state index is 5.95. The second kappa shape index (κ2) is 10.8. The van der Waals surface area contributed by atoms with E-state index in [9.17, 15) is 0 Å². The van der Waals surface area contributed by atoms with E-state index in [-0.39, 0.29) is 12.4 Å². The van der Waals surface area contributed by atoms with Crippen LogP contribution in [-0.4, -0.2) is 0 Å². The molecule has 2 atom stereocenters. The van der Waals surface area contributed by atoms with Crippen LogP contribution in [0, 0.1) is 18.8 Å². The lowest BCUT2D eigenvalue weighted by Gasteiger charge is -2.29. The molecule has 0 radical (unpaired) electrons. The molecule has 0 N–H and O–H groups in total. The van der Waals surface area contributed by atoms with Crippen molar-refractivity contribution in [2.24, 2.45) is 11.8 Å². The van der Waals surface area contributed by atoms with Crippen LogP contribution in [0.4, 0.5) is 0 Å². The average Bonchev–Trinajstić information content (AvgIpc) is 2.66. The topological polar surface area (TPSA) is 9.23 Å². The molecule has 1 aromatic carbocycles. The zero-order valence-electron chi connectivity index (χ0n) is 16.9. The first kappa shape index (κ1) is 22.8. The van der Waals surface area contributed by atoms with Gasteiger partial charge in [0.2, 0.25) is 0 Å². The SMILES string of the molecule is C=CC/C=C\c1ccc2c(c1C)C(=C)C(C1C=CC=CC1C)=CO2.CC.Cl. The first-order valence-corrected chi connectivity index (χ1v) is 9.46. The van der Waals surface area contributed by atoms with Crippen LogP contribution in [0.1, 0.15) is 43.9 Å². The third-order valence-corrected chi connectivity index (χ3v) is 4.80. The first-order chi connectivity index (χ1) is 12.6. The molecule has 2 heteroatoms. The average molecular weight is 383 g/mol. The number of hydrogen-bond acceptors (Lipinski definition) is 1. The van der Waals surface area contributed by atoms with Gasteiger partial charge in [0, 0.05) is 17.1 Å². The van der Waals surface area contributed by atoms with Crippen molar-refractivity contribution in [3.8, 4) is 5.75 Å². The van der Waals surface area contributed by atoms with Crippen molar-refractivity contribution in [3.05, 3.63) is 90.3 Å². The number of benzene rings is 1. The molecule has 0 saturated carbocycles. The number of rotatable bonds is 4. The van der Waals surface area contributed by atoms with E-state index in [0.29, 0.717) is 11.8 Å². The van der Waals surface area contributed by atoms with Crippen LogP contribution in [0.15, 0.2) is 73.6 Å². The molecule has 1 heterocycles. The Morgan fingerprint density at radius 2 is 1.85 bits per heavy atom. The Morgan fingerprint density at radius 1 is 1.15 bits per heavy atom. The standard InChI is InChI=1S/C23H24O.C2H6.ClH/c1-5-6-7-11-19-13-14-22-23(17(19)3)18(4)21(15-24-22)20-12-9-8-10-16(20)2;1-2;/h5,7-16,20H,1,4,6H2,2-3H3;1-2H3;1H/b11-7-;;. The highest BCUT2D eigenvalue weighted by Gasteiger charge is 2.27. The Kier molecular flexibility index (Phi) is 9.11. The van der Waals surface area contributed by atoms with Gasteiger partial charge in [-0.25, -0.2) is 0 Å². The summed E-state index contributed by atoms with van der Waals surface area (Å²) >= 11 is 0. The largest absolute Gasteiger partial charge is 0.464 e. The van der Waals surface area contributed by atoms with Gasteiger partial charge in [0.05, 0.1) is 6.26 Å². The fraction of sp³-hybridized carbons (Fsp3) is 0.280. The van der Waals surface area contributed by atoms with Gasteiger partial charge in [-0.05, 0) is 42.0 Å². The highest BCUT2D eigenvalue weighted by atomic mass is 35.5. The van der Waals surface area contributed by atoms with Crippen LogP contribution in [0.3, 0.4) is 0 Å². The van der Waals surface area contributed by atoms with Gasteiger partial charge < -0.3 is 4.74 Å². The summed E-state index contributed by atoms with van der Waals surface area (Å²) in [6, 6.07) is 4.14. The molecule has 144 valence electrons. The molecule has 0 spiro atoms. The van der Waals surface area contributed by atoms with Crippen molar-refractivity contribution in [1.29, 1.82) is 0 Å². The predicted octanol–water partition coefficient (Wildman–Crippen LogP) is 7.70. The molecular weight excluding hydrogens is 352 g/mol. The highest BCUT2D eigenvalue weighted by molar-refractivity contribution is 5.86. The summed E-state index contributed by atoms with van der Waals surface area (Å²) in [4.78, 5) is 0. The van der Waals surface area contributed by atoms with Gasteiger partial charge in [-0.3, -0.25) is 0 Å². The molecule has 2 aliphatic rings. The Bertz CT molecular complexity index is 793. The fourth-order valence-electron chi connectivity index (χ4n) is 3.38. The van der Waals surface area contributed by atoms with E-state index in [1.165, 1.54) is 16.7 Å². The minimum atomic E-state index is 0. The molecule has 0 fully saturated rings.